The number of nitrogens with one attached hydrogen (secondary N) is 1. The molecule has 1 fully saturated rings. The molecule has 2 atom stereocenters. The van der Waals surface area contributed by atoms with Gasteiger partial charge >= 0.3 is 0 Å². The summed E-state index contributed by atoms with van der Waals surface area (Å²) >= 11 is 6.02. The summed E-state index contributed by atoms with van der Waals surface area (Å²) < 4.78 is 0. The molecule has 0 radical (unpaired) electrons. The van der Waals surface area contributed by atoms with Gasteiger partial charge in [0, 0.05) is 5.02 Å². The van der Waals surface area contributed by atoms with E-state index in [-0.39, 0.29) is 12.1 Å². The van der Waals surface area contributed by atoms with E-state index in [4.69, 9.17) is 11.6 Å². The zero-order chi connectivity index (χ0) is 9.26. The predicted molar refractivity (Wildman–Crippen MR) is 52.8 cm³/mol. The highest BCUT2D eigenvalue weighted by Gasteiger charge is 2.27. The van der Waals surface area contributed by atoms with Gasteiger partial charge in [-0.15, -0.1) is 0 Å². The maximum absolute atomic E-state index is 9.65. The lowest BCUT2D eigenvalue weighted by Gasteiger charge is -2.16. The van der Waals surface area contributed by atoms with E-state index < -0.39 is 0 Å². The van der Waals surface area contributed by atoms with E-state index in [1.807, 2.05) is 24.3 Å². The van der Waals surface area contributed by atoms with Crippen LogP contribution in [0.4, 0.5) is 0 Å². The van der Waals surface area contributed by atoms with Crippen LogP contribution in [0.2, 0.25) is 5.02 Å². The van der Waals surface area contributed by atoms with Gasteiger partial charge in [-0.3, -0.25) is 0 Å². The van der Waals surface area contributed by atoms with Gasteiger partial charge in [0.1, 0.15) is 0 Å². The molecule has 1 aliphatic heterocycles. The second kappa shape index (κ2) is 3.66. The highest BCUT2D eigenvalue weighted by molar-refractivity contribution is 6.31. The van der Waals surface area contributed by atoms with Crippen molar-refractivity contribution in [3.63, 3.8) is 0 Å². The first-order chi connectivity index (χ1) is 6.29. The molecule has 1 saturated heterocycles. The molecule has 0 unspecified atom stereocenters. The minimum Gasteiger partial charge on any atom is -0.391 e. The molecule has 0 aliphatic carbocycles. The maximum atomic E-state index is 9.65. The van der Waals surface area contributed by atoms with Gasteiger partial charge < -0.3 is 10.4 Å². The summed E-state index contributed by atoms with van der Waals surface area (Å²) in [6.45, 7) is 0.858. The average Bonchev–Trinajstić information content (AvgIpc) is 2.52. The molecule has 2 N–H and O–H groups in total. The molecule has 0 saturated carbocycles. The monoisotopic (exact) mass is 197 g/mol. The number of benzene rings is 1. The van der Waals surface area contributed by atoms with Crippen LogP contribution in [0.3, 0.4) is 0 Å². The third kappa shape index (κ3) is 1.70. The first-order valence-corrected chi connectivity index (χ1v) is 4.82. The summed E-state index contributed by atoms with van der Waals surface area (Å²) in [6.07, 6.45) is 0.496. The zero-order valence-electron chi connectivity index (χ0n) is 7.20. The maximum Gasteiger partial charge on any atom is 0.0747 e. The molecule has 0 spiro atoms. The number of aliphatic hydroxyl groups excluding tert-OH is 1. The van der Waals surface area contributed by atoms with Crippen molar-refractivity contribution in [2.45, 2.75) is 18.6 Å². The summed E-state index contributed by atoms with van der Waals surface area (Å²) in [5.74, 6) is 0. The highest BCUT2D eigenvalue weighted by atomic mass is 35.5. The molecule has 13 heavy (non-hydrogen) atoms. The number of hydrogen-bond acceptors (Lipinski definition) is 2. The molecule has 1 heterocycles. The molecule has 0 aromatic heterocycles. The summed E-state index contributed by atoms with van der Waals surface area (Å²) in [5, 5.41) is 13.6. The molecule has 70 valence electrons. The Morgan fingerprint density at radius 3 is 2.77 bits per heavy atom. The van der Waals surface area contributed by atoms with Crippen LogP contribution in [0.15, 0.2) is 24.3 Å². The lowest BCUT2D eigenvalue weighted by molar-refractivity contribution is 0.160. The van der Waals surface area contributed by atoms with Crippen LogP contribution in [0.5, 0.6) is 0 Å². The van der Waals surface area contributed by atoms with Gasteiger partial charge in [0.05, 0.1) is 12.1 Å². The standard InChI is InChI=1S/C10H12ClNO/c11-8-4-2-1-3-7(8)10-9(13)5-6-12-10/h1-4,9-10,12-13H,5-6H2/t9-,10-/m0/s1. The quantitative estimate of drug-likeness (QED) is 0.719. The third-order valence-corrected chi connectivity index (χ3v) is 2.77. The summed E-state index contributed by atoms with van der Waals surface area (Å²) in [4.78, 5) is 0. The molecule has 2 nitrogen and oxygen atoms in total. The fourth-order valence-corrected chi connectivity index (χ4v) is 1.99. The number of aliphatic hydroxyl groups is 1. The largest absolute Gasteiger partial charge is 0.391 e. The topological polar surface area (TPSA) is 32.3 Å². The minimum absolute atomic E-state index is 0.00806. The first-order valence-electron chi connectivity index (χ1n) is 4.45. The SMILES string of the molecule is O[C@H]1CCN[C@H]1c1ccccc1Cl. The van der Waals surface area contributed by atoms with Crippen molar-refractivity contribution >= 4 is 11.6 Å². The summed E-state index contributed by atoms with van der Waals surface area (Å²) in [7, 11) is 0. The van der Waals surface area contributed by atoms with Gasteiger partial charge in [-0.2, -0.15) is 0 Å². The molecule has 0 bridgehead atoms. The van der Waals surface area contributed by atoms with Crippen molar-refractivity contribution in [1.29, 1.82) is 0 Å². The Morgan fingerprint density at radius 2 is 2.15 bits per heavy atom. The van der Waals surface area contributed by atoms with Gasteiger partial charge in [0.2, 0.25) is 0 Å². The van der Waals surface area contributed by atoms with E-state index in [0.29, 0.717) is 0 Å². The van der Waals surface area contributed by atoms with E-state index in [2.05, 4.69) is 5.32 Å². The van der Waals surface area contributed by atoms with E-state index >= 15 is 0 Å². The van der Waals surface area contributed by atoms with Crippen LogP contribution in [0, 0.1) is 0 Å². The fraction of sp³-hybridized carbons (Fsp3) is 0.400. The number of halogens is 1. The van der Waals surface area contributed by atoms with Crippen molar-refractivity contribution < 1.29 is 5.11 Å². The molecular weight excluding hydrogens is 186 g/mol. The lowest BCUT2D eigenvalue weighted by Crippen LogP contribution is -2.21. The van der Waals surface area contributed by atoms with Crippen LogP contribution in [-0.4, -0.2) is 17.8 Å². The highest BCUT2D eigenvalue weighted by Crippen LogP contribution is 2.28. The van der Waals surface area contributed by atoms with E-state index in [0.717, 1.165) is 23.6 Å². The summed E-state index contributed by atoms with van der Waals surface area (Å²) in [5.41, 5.74) is 0.995. The molecule has 1 aromatic rings. The predicted octanol–water partition coefficient (Wildman–Crippen LogP) is 1.74. The van der Waals surface area contributed by atoms with E-state index in [9.17, 15) is 5.11 Å². The first kappa shape index (κ1) is 9.00. The average molecular weight is 198 g/mol. The van der Waals surface area contributed by atoms with Crippen molar-refractivity contribution in [3.05, 3.63) is 34.9 Å². The summed E-state index contributed by atoms with van der Waals surface area (Å²) in [6, 6.07) is 7.65. The molecule has 0 amide bonds. The van der Waals surface area contributed by atoms with Crippen molar-refractivity contribution in [2.75, 3.05) is 6.54 Å². The van der Waals surface area contributed by atoms with Crippen molar-refractivity contribution in [1.82, 2.24) is 5.32 Å². The second-order valence-corrected chi connectivity index (χ2v) is 3.72. The second-order valence-electron chi connectivity index (χ2n) is 3.31. The Hall–Kier alpha value is -0.570. The third-order valence-electron chi connectivity index (χ3n) is 2.43. The van der Waals surface area contributed by atoms with E-state index in [1.165, 1.54) is 0 Å². The smallest absolute Gasteiger partial charge is 0.0747 e. The van der Waals surface area contributed by atoms with Gasteiger partial charge in [-0.05, 0) is 24.6 Å². The Balaban J connectivity index is 2.29. The van der Waals surface area contributed by atoms with Crippen LogP contribution in [0.1, 0.15) is 18.0 Å². The lowest BCUT2D eigenvalue weighted by atomic mass is 10.0. The van der Waals surface area contributed by atoms with Crippen molar-refractivity contribution in [2.24, 2.45) is 0 Å². The Bertz CT molecular complexity index is 303. The van der Waals surface area contributed by atoms with E-state index in [1.54, 1.807) is 0 Å². The Labute approximate surface area is 82.5 Å². The van der Waals surface area contributed by atoms with Crippen LogP contribution in [-0.2, 0) is 0 Å². The molecule has 1 aliphatic rings. The molecular formula is C10H12ClNO. The normalized spacial score (nSPS) is 27.8. The van der Waals surface area contributed by atoms with Gasteiger partial charge in [-0.1, -0.05) is 29.8 Å². The molecule has 2 rings (SSSR count). The molecule has 1 aromatic carbocycles. The van der Waals surface area contributed by atoms with Gasteiger partial charge in [0.15, 0.2) is 0 Å². The minimum atomic E-state index is -0.306. The number of hydrogen-bond donors (Lipinski definition) is 2. The van der Waals surface area contributed by atoms with Gasteiger partial charge in [-0.25, -0.2) is 0 Å². The number of rotatable bonds is 1. The fourth-order valence-electron chi connectivity index (χ4n) is 1.73. The Morgan fingerprint density at radius 1 is 1.38 bits per heavy atom. The zero-order valence-corrected chi connectivity index (χ0v) is 7.96. The molecule has 3 heteroatoms. The Kier molecular flexibility index (Phi) is 2.54. The van der Waals surface area contributed by atoms with Crippen molar-refractivity contribution in [3.8, 4) is 0 Å². The van der Waals surface area contributed by atoms with Crippen LogP contribution >= 0.6 is 11.6 Å². The van der Waals surface area contributed by atoms with Crippen LogP contribution < -0.4 is 5.32 Å². The van der Waals surface area contributed by atoms with Crippen LogP contribution in [0.25, 0.3) is 0 Å². The van der Waals surface area contributed by atoms with Gasteiger partial charge in [0.25, 0.3) is 0 Å².